The molecule has 0 amide bonds. The summed E-state index contributed by atoms with van der Waals surface area (Å²) in [5, 5.41) is 0. The van der Waals surface area contributed by atoms with E-state index in [9.17, 15) is 0 Å². The van der Waals surface area contributed by atoms with Crippen LogP contribution in [0.25, 0.3) is 0 Å². The predicted octanol–water partition coefficient (Wildman–Crippen LogP) is 2.13. The molecular weight excluding hydrogens is 182 g/mol. The first kappa shape index (κ1) is 11.4. The lowest BCUT2D eigenvalue weighted by Crippen LogP contribution is -3.16. The summed E-state index contributed by atoms with van der Waals surface area (Å²) in [6.07, 6.45) is 7.44. The highest BCUT2D eigenvalue weighted by atomic mass is 15.1. The summed E-state index contributed by atoms with van der Waals surface area (Å²) in [5.74, 6) is 1.99. The zero-order valence-electron chi connectivity index (χ0n) is 11.0. The lowest BCUT2D eigenvalue weighted by Gasteiger charge is -2.48. The van der Waals surface area contributed by atoms with Crippen molar-refractivity contribution < 1.29 is 4.90 Å². The van der Waals surface area contributed by atoms with Gasteiger partial charge in [-0.2, -0.15) is 0 Å². The average Bonchev–Trinajstić information content (AvgIpc) is 2.16. The normalized spacial score (nSPS) is 42.4. The van der Waals surface area contributed by atoms with E-state index in [4.69, 9.17) is 0 Å². The van der Waals surface area contributed by atoms with Gasteiger partial charge in [0.1, 0.15) is 0 Å². The van der Waals surface area contributed by atoms with Gasteiger partial charge in [-0.3, -0.25) is 0 Å². The van der Waals surface area contributed by atoms with E-state index in [2.05, 4.69) is 27.8 Å². The van der Waals surface area contributed by atoms with Crippen molar-refractivity contribution >= 4 is 0 Å². The summed E-state index contributed by atoms with van der Waals surface area (Å²) in [6.45, 7) is 8.75. The highest BCUT2D eigenvalue weighted by molar-refractivity contribution is 4.89. The fourth-order valence-corrected chi connectivity index (χ4v) is 4.14. The van der Waals surface area contributed by atoms with Crippen LogP contribution in [-0.4, -0.2) is 19.6 Å². The number of likely N-dealkylation sites (tertiary alicyclic amines) is 1. The molecule has 0 aromatic rings. The van der Waals surface area contributed by atoms with Gasteiger partial charge >= 0.3 is 0 Å². The van der Waals surface area contributed by atoms with Crippen LogP contribution in [0.5, 0.6) is 0 Å². The van der Waals surface area contributed by atoms with E-state index in [1.807, 2.05) is 4.90 Å². The Morgan fingerprint density at radius 1 is 1.00 bits per heavy atom. The molecule has 88 valence electrons. The Labute approximate surface area is 95.2 Å². The van der Waals surface area contributed by atoms with Gasteiger partial charge in [0, 0.05) is 11.8 Å². The fourth-order valence-electron chi connectivity index (χ4n) is 4.14. The van der Waals surface area contributed by atoms with Crippen molar-refractivity contribution in [3.63, 3.8) is 0 Å². The second-order valence-electron chi connectivity index (χ2n) is 6.93. The lowest BCUT2D eigenvalue weighted by molar-refractivity contribution is -0.922. The maximum absolute atomic E-state index is 2.45. The number of rotatable bonds is 0. The molecule has 1 N–H and O–H groups in total. The summed E-state index contributed by atoms with van der Waals surface area (Å²) >= 11 is 0. The SMILES string of the molecule is C[NH+]1CCC[C@H]2CCC[C@@H](C(C)(C)C)[C@@H]21. The zero-order chi connectivity index (χ0) is 11.1. The van der Waals surface area contributed by atoms with E-state index in [1.165, 1.54) is 38.6 Å². The Hall–Kier alpha value is -0.0400. The molecule has 2 aliphatic rings. The molecule has 4 atom stereocenters. The van der Waals surface area contributed by atoms with Crippen LogP contribution < -0.4 is 4.90 Å². The van der Waals surface area contributed by atoms with Gasteiger partial charge in [0.05, 0.1) is 19.6 Å². The Balaban J connectivity index is 2.16. The van der Waals surface area contributed by atoms with E-state index < -0.39 is 0 Å². The maximum atomic E-state index is 2.45. The second kappa shape index (κ2) is 4.08. The summed E-state index contributed by atoms with van der Waals surface area (Å²) in [7, 11) is 2.43. The lowest BCUT2D eigenvalue weighted by atomic mass is 9.63. The van der Waals surface area contributed by atoms with E-state index in [1.54, 1.807) is 0 Å². The number of hydrogen-bond donors (Lipinski definition) is 1. The molecule has 1 nitrogen and oxygen atoms in total. The molecule has 1 heterocycles. The minimum Gasteiger partial charge on any atom is -0.334 e. The number of piperidine rings is 1. The molecule has 1 aliphatic heterocycles. The number of quaternary nitrogens is 1. The quantitative estimate of drug-likeness (QED) is 0.625. The van der Waals surface area contributed by atoms with Crippen LogP contribution >= 0.6 is 0 Å². The van der Waals surface area contributed by atoms with E-state index in [-0.39, 0.29) is 0 Å². The molecular formula is C14H28N+. The first-order valence-electron chi connectivity index (χ1n) is 6.82. The molecule has 15 heavy (non-hydrogen) atoms. The topological polar surface area (TPSA) is 4.44 Å². The van der Waals surface area contributed by atoms with Gasteiger partial charge in [0.2, 0.25) is 0 Å². The standard InChI is InChI=1S/C14H27N/c1-14(2,3)12-9-5-7-11-8-6-10-15(4)13(11)12/h11-13H,5-10H2,1-4H3/p+1/t11-,12-,13-/m1/s1. The largest absolute Gasteiger partial charge is 0.334 e. The van der Waals surface area contributed by atoms with Gasteiger partial charge in [-0.25, -0.2) is 0 Å². The first-order chi connectivity index (χ1) is 7.00. The van der Waals surface area contributed by atoms with Crippen LogP contribution in [0.1, 0.15) is 52.9 Å². The van der Waals surface area contributed by atoms with Gasteiger partial charge in [0.15, 0.2) is 0 Å². The van der Waals surface area contributed by atoms with Crippen LogP contribution in [0.4, 0.5) is 0 Å². The van der Waals surface area contributed by atoms with E-state index in [0.29, 0.717) is 5.41 Å². The van der Waals surface area contributed by atoms with Crippen molar-refractivity contribution in [2.45, 2.75) is 58.9 Å². The van der Waals surface area contributed by atoms with E-state index >= 15 is 0 Å². The minimum absolute atomic E-state index is 0.516. The van der Waals surface area contributed by atoms with Crippen molar-refractivity contribution in [2.75, 3.05) is 13.6 Å². The highest BCUT2D eigenvalue weighted by Gasteiger charge is 2.45. The van der Waals surface area contributed by atoms with Gasteiger partial charge in [-0.05, 0) is 31.1 Å². The van der Waals surface area contributed by atoms with Crippen LogP contribution in [0.3, 0.4) is 0 Å². The Bertz CT molecular complexity index is 214. The molecule has 2 fully saturated rings. The van der Waals surface area contributed by atoms with Crippen LogP contribution in [0, 0.1) is 17.3 Å². The van der Waals surface area contributed by atoms with Crippen molar-refractivity contribution in [3.05, 3.63) is 0 Å². The average molecular weight is 210 g/mol. The molecule has 0 bridgehead atoms. The molecule has 1 heteroatoms. The Morgan fingerprint density at radius 3 is 2.33 bits per heavy atom. The molecule has 2 rings (SSSR count). The third kappa shape index (κ3) is 2.22. The molecule has 1 saturated heterocycles. The Kier molecular flexibility index (Phi) is 3.12. The third-order valence-corrected chi connectivity index (χ3v) is 4.86. The predicted molar refractivity (Wildman–Crippen MR) is 65.1 cm³/mol. The molecule has 0 aromatic carbocycles. The molecule has 1 aliphatic carbocycles. The fraction of sp³-hybridized carbons (Fsp3) is 1.00. The second-order valence-corrected chi connectivity index (χ2v) is 6.93. The number of fused-ring (bicyclic) bond motifs is 1. The van der Waals surface area contributed by atoms with E-state index in [0.717, 1.165) is 17.9 Å². The van der Waals surface area contributed by atoms with Gasteiger partial charge in [-0.1, -0.05) is 27.2 Å². The van der Waals surface area contributed by atoms with Gasteiger partial charge in [-0.15, -0.1) is 0 Å². The highest BCUT2D eigenvalue weighted by Crippen LogP contribution is 2.41. The zero-order valence-corrected chi connectivity index (χ0v) is 11.0. The van der Waals surface area contributed by atoms with Crippen molar-refractivity contribution in [1.82, 2.24) is 0 Å². The maximum Gasteiger partial charge on any atom is 0.0934 e. The number of hydrogen-bond acceptors (Lipinski definition) is 0. The third-order valence-electron chi connectivity index (χ3n) is 4.86. The van der Waals surface area contributed by atoms with Crippen LogP contribution in [0.2, 0.25) is 0 Å². The molecule has 1 unspecified atom stereocenters. The first-order valence-corrected chi connectivity index (χ1v) is 6.82. The monoisotopic (exact) mass is 210 g/mol. The van der Waals surface area contributed by atoms with Gasteiger partial charge < -0.3 is 4.90 Å². The van der Waals surface area contributed by atoms with Crippen LogP contribution in [0.15, 0.2) is 0 Å². The Morgan fingerprint density at radius 2 is 1.67 bits per heavy atom. The molecule has 0 radical (unpaired) electrons. The molecule has 0 spiro atoms. The van der Waals surface area contributed by atoms with Crippen molar-refractivity contribution in [1.29, 1.82) is 0 Å². The van der Waals surface area contributed by atoms with Gasteiger partial charge in [0.25, 0.3) is 0 Å². The molecule has 1 saturated carbocycles. The summed E-state index contributed by atoms with van der Waals surface area (Å²) < 4.78 is 0. The van der Waals surface area contributed by atoms with Crippen molar-refractivity contribution in [3.8, 4) is 0 Å². The smallest absolute Gasteiger partial charge is 0.0934 e. The number of nitrogens with one attached hydrogen (secondary N) is 1. The molecule has 0 aromatic heterocycles. The summed E-state index contributed by atoms with van der Waals surface area (Å²) in [6, 6.07) is 0.965. The summed E-state index contributed by atoms with van der Waals surface area (Å²) in [4.78, 5) is 1.82. The van der Waals surface area contributed by atoms with Crippen LogP contribution in [-0.2, 0) is 0 Å². The van der Waals surface area contributed by atoms with Crippen molar-refractivity contribution in [2.24, 2.45) is 17.3 Å². The summed E-state index contributed by atoms with van der Waals surface area (Å²) in [5.41, 5.74) is 0.516. The minimum atomic E-state index is 0.516.